The Morgan fingerprint density at radius 1 is 0.971 bits per heavy atom. The summed E-state index contributed by atoms with van der Waals surface area (Å²) >= 11 is 0. The fourth-order valence-corrected chi connectivity index (χ4v) is 3.54. The van der Waals surface area contributed by atoms with Gasteiger partial charge in [0.1, 0.15) is 23.7 Å². The average Bonchev–Trinajstić information content (AvgIpc) is 3.17. The lowest BCUT2D eigenvalue weighted by atomic mass is 9.85. The van der Waals surface area contributed by atoms with Gasteiger partial charge in [0.15, 0.2) is 0 Å². The number of amides is 4. The standard InChI is InChI=1S/C25H46N4O5/c1-15(2)16(3)26-21(31)18-13-12-14-29(18)22(32)19(24(5,6)7)27-20(30)17(4)28(11)23(33)34-25(8,9)10/h15-19H,12-14H2,1-11H3,(H,26,31)(H,27,30)/t16-,17+,18+,19-/m1/s1. The highest BCUT2D eigenvalue weighted by Crippen LogP contribution is 2.26. The maximum absolute atomic E-state index is 13.6. The van der Waals surface area contributed by atoms with Crippen molar-refractivity contribution in [2.24, 2.45) is 11.3 Å². The van der Waals surface area contributed by atoms with Crippen LogP contribution in [0.4, 0.5) is 4.79 Å². The second kappa shape index (κ2) is 11.4. The summed E-state index contributed by atoms with van der Waals surface area (Å²) in [5, 5.41) is 5.85. The number of likely N-dealkylation sites (tertiary alicyclic amines) is 1. The molecule has 0 unspecified atom stereocenters. The third kappa shape index (κ3) is 8.17. The van der Waals surface area contributed by atoms with Crippen LogP contribution in [0.3, 0.4) is 0 Å². The predicted molar refractivity (Wildman–Crippen MR) is 132 cm³/mol. The number of rotatable bonds is 7. The summed E-state index contributed by atoms with van der Waals surface area (Å²) < 4.78 is 5.35. The van der Waals surface area contributed by atoms with Crippen LogP contribution in [0.5, 0.6) is 0 Å². The second-order valence-corrected chi connectivity index (χ2v) is 11.8. The van der Waals surface area contributed by atoms with E-state index >= 15 is 0 Å². The number of ether oxygens (including phenoxy) is 1. The SMILES string of the molecule is CC(C)[C@@H](C)NC(=O)[C@@H]1CCCN1C(=O)[C@@H](NC(=O)[C@H](C)N(C)C(=O)OC(C)(C)C)C(C)(C)C. The van der Waals surface area contributed by atoms with Gasteiger partial charge in [-0.25, -0.2) is 4.79 Å². The van der Waals surface area contributed by atoms with Gasteiger partial charge in [0.2, 0.25) is 17.7 Å². The molecule has 0 aromatic rings. The van der Waals surface area contributed by atoms with Gasteiger partial charge in [0, 0.05) is 19.6 Å². The van der Waals surface area contributed by atoms with E-state index in [2.05, 4.69) is 10.6 Å². The van der Waals surface area contributed by atoms with Gasteiger partial charge in [-0.1, -0.05) is 34.6 Å². The topological polar surface area (TPSA) is 108 Å². The molecule has 0 radical (unpaired) electrons. The normalized spacial score (nSPS) is 19.3. The molecule has 1 rings (SSSR count). The molecule has 9 nitrogen and oxygen atoms in total. The van der Waals surface area contributed by atoms with E-state index in [1.807, 2.05) is 41.5 Å². The first kappa shape index (κ1) is 29.7. The lowest BCUT2D eigenvalue weighted by Gasteiger charge is -2.37. The van der Waals surface area contributed by atoms with E-state index in [1.54, 1.807) is 32.6 Å². The molecule has 0 aliphatic carbocycles. The molecule has 0 saturated carbocycles. The van der Waals surface area contributed by atoms with Gasteiger partial charge in [-0.2, -0.15) is 0 Å². The summed E-state index contributed by atoms with van der Waals surface area (Å²) in [6.07, 6.45) is 0.692. The molecule has 1 fully saturated rings. The van der Waals surface area contributed by atoms with Gasteiger partial charge >= 0.3 is 6.09 Å². The van der Waals surface area contributed by atoms with Crippen molar-refractivity contribution in [1.82, 2.24) is 20.4 Å². The van der Waals surface area contributed by atoms with Gasteiger partial charge in [-0.05, 0) is 58.8 Å². The fourth-order valence-electron chi connectivity index (χ4n) is 3.54. The van der Waals surface area contributed by atoms with E-state index in [9.17, 15) is 19.2 Å². The molecule has 4 atom stereocenters. The van der Waals surface area contributed by atoms with Crippen LogP contribution < -0.4 is 10.6 Å². The Kier molecular flexibility index (Phi) is 9.97. The molecule has 9 heteroatoms. The van der Waals surface area contributed by atoms with Crippen LogP contribution in [0.15, 0.2) is 0 Å². The summed E-state index contributed by atoms with van der Waals surface area (Å²) in [4.78, 5) is 54.7. The van der Waals surface area contributed by atoms with Crippen LogP contribution in [0, 0.1) is 11.3 Å². The van der Waals surface area contributed by atoms with Crippen molar-refractivity contribution in [2.45, 2.75) is 112 Å². The number of hydrogen-bond donors (Lipinski definition) is 2. The highest BCUT2D eigenvalue weighted by atomic mass is 16.6. The number of carbonyl (C=O) groups excluding carboxylic acids is 4. The highest BCUT2D eigenvalue weighted by Gasteiger charge is 2.43. The van der Waals surface area contributed by atoms with Crippen LogP contribution in [-0.2, 0) is 19.1 Å². The molecule has 196 valence electrons. The second-order valence-electron chi connectivity index (χ2n) is 11.8. The van der Waals surface area contributed by atoms with E-state index in [-0.39, 0.29) is 23.8 Å². The lowest BCUT2D eigenvalue weighted by molar-refractivity contribution is -0.144. The zero-order valence-electron chi connectivity index (χ0n) is 22.9. The third-order valence-electron chi connectivity index (χ3n) is 6.25. The Hall–Kier alpha value is -2.32. The van der Waals surface area contributed by atoms with Crippen molar-refractivity contribution in [1.29, 1.82) is 0 Å². The lowest BCUT2D eigenvalue weighted by Crippen LogP contribution is -2.60. The maximum Gasteiger partial charge on any atom is 0.410 e. The zero-order valence-corrected chi connectivity index (χ0v) is 22.9. The molecular formula is C25H46N4O5. The van der Waals surface area contributed by atoms with Crippen molar-refractivity contribution < 1.29 is 23.9 Å². The van der Waals surface area contributed by atoms with Gasteiger partial charge in [-0.15, -0.1) is 0 Å². The van der Waals surface area contributed by atoms with Crippen molar-refractivity contribution in [3.05, 3.63) is 0 Å². The minimum absolute atomic E-state index is 0.00703. The molecule has 1 heterocycles. The molecule has 0 aromatic heterocycles. The van der Waals surface area contributed by atoms with Crippen LogP contribution in [-0.4, -0.2) is 77.0 Å². The Morgan fingerprint density at radius 3 is 2.00 bits per heavy atom. The predicted octanol–water partition coefficient (Wildman–Crippen LogP) is 2.92. The van der Waals surface area contributed by atoms with Crippen molar-refractivity contribution >= 4 is 23.8 Å². The molecule has 0 aromatic carbocycles. The molecule has 1 saturated heterocycles. The average molecular weight is 483 g/mol. The summed E-state index contributed by atoms with van der Waals surface area (Å²) in [5.41, 5.74) is -1.30. The largest absolute Gasteiger partial charge is 0.444 e. The molecule has 1 aliphatic heterocycles. The summed E-state index contributed by atoms with van der Waals surface area (Å²) in [6.45, 7) is 18.9. The van der Waals surface area contributed by atoms with Gasteiger partial charge < -0.3 is 20.3 Å². The number of carbonyl (C=O) groups is 4. The van der Waals surface area contributed by atoms with Crippen LogP contribution in [0.2, 0.25) is 0 Å². The number of likely N-dealkylation sites (N-methyl/N-ethyl adjacent to an activating group) is 1. The number of nitrogens with zero attached hydrogens (tertiary/aromatic N) is 2. The Morgan fingerprint density at radius 2 is 1.53 bits per heavy atom. The summed E-state index contributed by atoms with van der Waals surface area (Å²) in [7, 11) is 1.49. The number of hydrogen-bond acceptors (Lipinski definition) is 5. The van der Waals surface area contributed by atoms with Gasteiger partial charge in [0.25, 0.3) is 0 Å². The Bertz CT molecular complexity index is 753. The Labute approximate surface area is 205 Å². The van der Waals surface area contributed by atoms with Crippen molar-refractivity contribution in [3.63, 3.8) is 0 Å². The van der Waals surface area contributed by atoms with Crippen molar-refractivity contribution in [2.75, 3.05) is 13.6 Å². The maximum atomic E-state index is 13.6. The van der Waals surface area contributed by atoms with Gasteiger partial charge in [0.05, 0.1) is 0 Å². The first-order valence-corrected chi connectivity index (χ1v) is 12.2. The molecule has 34 heavy (non-hydrogen) atoms. The zero-order chi connectivity index (χ0) is 26.6. The third-order valence-corrected chi connectivity index (χ3v) is 6.25. The number of nitrogens with one attached hydrogen (secondary N) is 2. The van der Waals surface area contributed by atoms with E-state index in [1.165, 1.54) is 11.9 Å². The minimum Gasteiger partial charge on any atom is -0.444 e. The first-order chi connectivity index (χ1) is 15.4. The molecule has 0 bridgehead atoms. The monoisotopic (exact) mass is 482 g/mol. The fraction of sp³-hybridized carbons (Fsp3) is 0.840. The molecule has 1 aliphatic rings. The van der Waals surface area contributed by atoms with E-state index in [0.29, 0.717) is 13.0 Å². The van der Waals surface area contributed by atoms with Gasteiger partial charge in [-0.3, -0.25) is 19.3 Å². The van der Waals surface area contributed by atoms with E-state index in [0.717, 1.165) is 6.42 Å². The molecule has 2 N–H and O–H groups in total. The molecular weight excluding hydrogens is 436 g/mol. The van der Waals surface area contributed by atoms with Crippen LogP contribution in [0.25, 0.3) is 0 Å². The smallest absolute Gasteiger partial charge is 0.410 e. The van der Waals surface area contributed by atoms with Crippen LogP contribution >= 0.6 is 0 Å². The molecule has 0 spiro atoms. The quantitative estimate of drug-likeness (QED) is 0.580. The van der Waals surface area contributed by atoms with E-state index in [4.69, 9.17) is 4.74 Å². The summed E-state index contributed by atoms with van der Waals surface area (Å²) in [5.74, 6) is -0.637. The highest BCUT2D eigenvalue weighted by molar-refractivity contribution is 5.94. The first-order valence-electron chi connectivity index (χ1n) is 12.2. The minimum atomic E-state index is -0.856. The van der Waals surface area contributed by atoms with Crippen molar-refractivity contribution in [3.8, 4) is 0 Å². The molecule has 4 amide bonds. The summed E-state index contributed by atoms with van der Waals surface area (Å²) in [6, 6.07) is -2.27. The van der Waals surface area contributed by atoms with Crippen LogP contribution in [0.1, 0.15) is 82.1 Å². The Balaban J connectivity index is 3.00. The van der Waals surface area contributed by atoms with E-state index < -0.39 is 41.1 Å².